The van der Waals surface area contributed by atoms with Crippen molar-refractivity contribution in [3.05, 3.63) is 34.8 Å². The molecular formula is C22H32N2O2. The summed E-state index contributed by atoms with van der Waals surface area (Å²) in [5.74, 6) is 0.789. The molecule has 0 saturated heterocycles. The Morgan fingerprint density at radius 1 is 1.00 bits per heavy atom. The first-order valence-corrected chi connectivity index (χ1v) is 10.6. The highest BCUT2D eigenvalue weighted by molar-refractivity contribution is 5.72. The lowest BCUT2D eigenvalue weighted by molar-refractivity contribution is 0.277. The zero-order valence-corrected chi connectivity index (χ0v) is 15.8. The van der Waals surface area contributed by atoms with E-state index < -0.39 is 0 Å². The minimum atomic E-state index is -0.199. The van der Waals surface area contributed by atoms with E-state index in [0.717, 1.165) is 43.7 Å². The van der Waals surface area contributed by atoms with Gasteiger partial charge in [0.2, 0.25) is 0 Å². The largest absolute Gasteiger partial charge is 0.420 e. The van der Waals surface area contributed by atoms with Crippen LogP contribution in [-0.2, 0) is 0 Å². The summed E-state index contributed by atoms with van der Waals surface area (Å²) in [5.41, 5.74) is 1.65. The fourth-order valence-corrected chi connectivity index (χ4v) is 5.04. The molecule has 0 amide bonds. The highest BCUT2D eigenvalue weighted by atomic mass is 16.4. The zero-order chi connectivity index (χ0) is 17.8. The summed E-state index contributed by atoms with van der Waals surface area (Å²) < 4.78 is 7.29. The minimum Gasteiger partial charge on any atom is -0.408 e. The van der Waals surface area contributed by atoms with Crippen LogP contribution in [0.3, 0.4) is 0 Å². The van der Waals surface area contributed by atoms with Crippen LogP contribution in [0.25, 0.3) is 11.1 Å². The quantitative estimate of drug-likeness (QED) is 0.739. The molecule has 1 aromatic heterocycles. The summed E-state index contributed by atoms with van der Waals surface area (Å²) in [4.78, 5) is 12.3. The Bertz CT molecular complexity index is 749. The van der Waals surface area contributed by atoms with Crippen molar-refractivity contribution in [2.75, 3.05) is 6.54 Å². The number of rotatable bonds is 6. The molecule has 0 aliphatic heterocycles. The molecule has 4 rings (SSSR count). The smallest absolute Gasteiger partial charge is 0.408 e. The van der Waals surface area contributed by atoms with Crippen LogP contribution < -0.4 is 11.1 Å². The van der Waals surface area contributed by atoms with Crippen molar-refractivity contribution in [3.8, 4) is 0 Å². The number of nitrogens with one attached hydrogen (secondary N) is 1. The van der Waals surface area contributed by atoms with E-state index in [1.807, 2.05) is 28.8 Å². The molecule has 0 unspecified atom stereocenters. The average molecular weight is 357 g/mol. The van der Waals surface area contributed by atoms with Gasteiger partial charge in [-0.2, -0.15) is 0 Å². The van der Waals surface area contributed by atoms with Crippen molar-refractivity contribution >= 4 is 11.1 Å². The third-order valence-electron chi connectivity index (χ3n) is 6.53. The van der Waals surface area contributed by atoms with E-state index in [-0.39, 0.29) is 11.8 Å². The molecule has 2 saturated carbocycles. The number of fused-ring (bicyclic) bond motifs is 1. The minimum absolute atomic E-state index is 0.199. The Labute approximate surface area is 156 Å². The summed E-state index contributed by atoms with van der Waals surface area (Å²) in [6, 6.07) is 8.68. The molecule has 1 N–H and O–H groups in total. The molecule has 1 aromatic carbocycles. The molecular weight excluding hydrogens is 324 g/mol. The Balaban J connectivity index is 1.24. The molecule has 26 heavy (non-hydrogen) atoms. The number of nitrogens with zero attached hydrogens (tertiary/aromatic N) is 1. The molecule has 142 valence electrons. The topological polar surface area (TPSA) is 47.2 Å². The number of oxazole rings is 1. The maximum absolute atomic E-state index is 12.3. The van der Waals surface area contributed by atoms with Crippen LogP contribution >= 0.6 is 0 Å². The first kappa shape index (κ1) is 17.8. The van der Waals surface area contributed by atoms with Crippen molar-refractivity contribution in [1.29, 1.82) is 0 Å². The van der Waals surface area contributed by atoms with Crippen molar-refractivity contribution in [3.63, 3.8) is 0 Å². The number of para-hydroxylation sites is 2. The predicted octanol–water partition coefficient (Wildman–Crippen LogP) is 5.03. The van der Waals surface area contributed by atoms with Gasteiger partial charge < -0.3 is 9.73 Å². The summed E-state index contributed by atoms with van der Waals surface area (Å²) in [6.45, 7) is 1.15. The lowest BCUT2D eigenvalue weighted by Gasteiger charge is -2.30. The number of benzene rings is 1. The lowest BCUT2D eigenvalue weighted by Crippen LogP contribution is -2.35. The number of aromatic nitrogens is 1. The molecule has 0 spiro atoms. The summed E-state index contributed by atoms with van der Waals surface area (Å²) in [7, 11) is 0. The van der Waals surface area contributed by atoms with Crippen molar-refractivity contribution in [2.24, 2.45) is 5.92 Å². The number of hydrogen-bond acceptors (Lipinski definition) is 3. The van der Waals surface area contributed by atoms with Gasteiger partial charge in [-0.3, -0.25) is 4.57 Å². The van der Waals surface area contributed by atoms with Gasteiger partial charge in [-0.05, 0) is 63.1 Å². The molecule has 4 nitrogen and oxygen atoms in total. The molecule has 1 heterocycles. The molecule has 0 bridgehead atoms. The fraction of sp³-hybridized carbons (Fsp3) is 0.682. The highest BCUT2D eigenvalue weighted by Gasteiger charge is 2.25. The Hall–Kier alpha value is -1.55. The molecule has 2 aliphatic rings. The second-order valence-electron chi connectivity index (χ2n) is 8.31. The maximum atomic E-state index is 12.3. The molecule has 2 aliphatic carbocycles. The fourth-order valence-electron chi connectivity index (χ4n) is 5.04. The highest BCUT2D eigenvalue weighted by Crippen LogP contribution is 2.31. The molecule has 0 atom stereocenters. The Morgan fingerprint density at radius 2 is 1.77 bits per heavy atom. The van der Waals surface area contributed by atoms with Crippen LogP contribution in [0.1, 0.15) is 76.7 Å². The van der Waals surface area contributed by atoms with Crippen LogP contribution in [0, 0.1) is 5.92 Å². The van der Waals surface area contributed by atoms with Gasteiger partial charge in [-0.15, -0.1) is 0 Å². The first-order valence-electron chi connectivity index (χ1n) is 10.6. The van der Waals surface area contributed by atoms with E-state index in [9.17, 15) is 4.79 Å². The van der Waals surface area contributed by atoms with Crippen LogP contribution in [0.2, 0.25) is 0 Å². The Kier molecular flexibility index (Phi) is 5.78. The number of hydrogen-bond donors (Lipinski definition) is 1. The van der Waals surface area contributed by atoms with E-state index in [1.54, 1.807) is 0 Å². The summed E-state index contributed by atoms with van der Waals surface area (Å²) in [5, 5.41) is 3.77. The van der Waals surface area contributed by atoms with Crippen LogP contribution in [0.5, 0.6) is 0 Å². The monoisotopic (exact) mass is 356 g/mol. The van der Waals surface area contributed by atoms with Gasteiger partial charge in [-0.1, -0.05) is 44.2 Å². The summed E-state index contributed by atoms with van der Waals surface area (Å²) in [6.07, 6.45) is 14.4. The maximum Gasteiger partial charge on any atom is 0.420 e. The molecule has 4 heteroatoms. The van der Waals surface area contributed by atoms with Gasteiger partial charge in [-0.25, -0.2) is 4.79 Å². The van der Waals surface area contributed by atoms with Gasteiger partial charge in [0.05, 0.1) is 5.52 Å². The van der Waals surface area contributed by atoms with Crippen molar-refractivity contribution in [1.82, 2.24) is 9.88 Å². The second kappa shape index (κ2) is 8.43. The van der Waals surface area contributed by atoms with E-state index in [1.165, 1.54) is 44.9 Å². The lowest BCUT2D eigenvalue weighted by atomic mass is 9.86. The molecule has 2 fully saturated rings. The van der Waals surface area contributed by atoms with Gasteiger partial charge in [0.25, 0.3) is 0 Å². The van der Waals surface area contributed by atoms with Gasteiger partial charge in [0.1, 0.15) is 0 Å². The SMILES string of the molecule is O=c1oc2ccccc2n1C1CCC(NCCCC2CCCCC2)CC1. The van der Waals surface area contributed by atoms with Gasteiger partial charge in [0, 0.05) is 12.1 Å². The van der Waals surface area contributed by atoms with Crippen molar-refractivity contribution < 1.29 is 4.42 Å². The molecule has 0 radical (unpaired) electrons. The van der Waals surface area contributed by atoms with E-state index in [4.69, 9.17) is 4.42 Å². The third-order valence-corrected chi connectivity index (χ3v) is 6.53. The second-order valence-corrected chi connectivity index (χ2v) is 8.31. The standard InChI is InChI=1S/C22H32N2O2/c25-22-24(20-10-4-5-11-21(20)26-22)19-14-12-18(13-15-19)23-16-6-9-17-7-2-1-3-8-17/h4-5,10-11,17-19,23H,1-3,6-9,12-16H2. The van der Waals surface area contributed by atoms with Crippen LogP contribution in [0.15, 0.2) is 33.5 Å². The zero-order valence-electron chi connectivity index (χ0n) is 15.8. The Morgan fingerprint density at radius 3 is 2.58 bits per heavy atom. The van der Waals surface area contributed by atoms with Gasteiger partial charge >= 0.3 is 5.76 Å². The van der Waals surface area contributed by atoms with Gasteiger partial charge in [0.15, 0.2) is 5.58 Å². The first-order chi connectivity index (χ1) is 12.8. The van der Waals surface area contributed by atoms with Crippen molar-refractivity contribution in [2.45, 2.75) is 82.7 Å². The third kappa shape index (κ3) is 4.06. The summed E-state index contributed by atoms with van der Waals surface area (Å²) >= 11 is 0. The van der Waals surface area contributed by atoms with Crippen LogP contribution in [-0.4, -0.2) is 17.2 Å². The molecule has 2 aromatic rings. The normalized spacial score (nSPS) is 24.9. The predicted molar refractivity (Wildman–Crippen MR) is 106 cm³/mol. The van der Waals surface area contributed by atoms with E-state index in [2.05, 4.69) is 5.32 Å². The van der Waals surface area contributed by atoms with E-state index in [0.29, 0.717) is 11.6 Å². The van der Waals surface area contributed by atoms with Crippen LogP contribution in [0.4, 0.5) is 0 Å². The average Bonchev–Trinajstić information content (AvgIpc) is 3.02. The van der Waals surface area contributed by atoms with E-state index >= 15 is 0 Å².